The normalized spacial score (nSPS) is 11.0. The number of carbonyl (C=O) groups is 2. The summed E-state index contributed by atoms with van der Waals surface area (Å²) in [5, 5.41) is 0. The molecule has 0 N–H and O–H groups in total. The highest BCUT2D eigenvalue weighted by Gasteiger charge is 2.43. The van der Waals surface area contributed by atoms with Gasteiger partial charge in [-0.3, -0.25) is 9.59 Å². The SMILES string of the molecule is CCOC(=O)CN(Cc1ccccc1)C(=O)C(F)(F)F. The molecule has 0 fully saturated rings. The second-order valence-corrected chi connectivity index (χ2v) is 3.95. The molecule has 20 heavy (non-hydrogen) atoms. The highest BCUT2D eigenvalue weighted by Crippen LogP contribution is 2.20. The third-order valence-corrected chi connectivity index (χ3v) is 2.37. The lowest BCUT2D eigenvalue weighted by Gasteiger charge is -2.22. The molecule has 0 radical (unpaired) electrons. The Labute approximate surface area is 114 Å². The molecule has 7 heteroatoms. The van der Waals surface area contributed by atoms with E-state index in [1.165, 1.54) is 6.92 Å². The molecule has 1 aromatic carbocycles. The molecule has 0 aliphatic carbocycles. The highest BCUT2D eigenvalue weighted by molar-refractivity contribution is 5.85. The monoisotopic (exact) mass is 289 g/mol. The number of ether oxygens (including phenoxy) is 1. The van der Waals surface area contributed by atoms with Crippen molar-refractivity contribution in [3.63, 3.8) is 0 Å². The van der Waals surface area contributed by atoms with Gasteiger partial charge in [0, 0.05) is 6.54 Å². The number of benzene rings is 1. The summed E-state index contributed by atoms with van der Waals surface area (Å²) < 4.78 is 42.1. The summed E-state index contributed by atoms with van der Waals surface area (Å²) >= 11 is 0. The largest absolute Gasteiger partial charge is 0.471 e. The maximum Gasteiger partial charge on any atom is 0.471 e. The van der Waals surface area contributed by atoms with E-state index in [9.17, 15) is 22.8 Å². The number of amides is 1. The highest BCUT2D eigenvalue weighted by atomic mass is 19.4. The molecule has 0 atom stereocenters. The van der Waals surface area contributed by atoms with E-state index in [4.69, 9.17) is 0 Å². The minimum atomic E-state index is -5.03. The third-order valence-electron chi connectivity index (χ3n) is 2.37. The van der Waals surface area contributed by atoms with Gasteiger partial charge in [-0.25, -0.2) is 0 Å². The minimum Gasteiger partial charge on any atom is -0.465 e. The summed E-state index contributed by atoms with van der Waals surface area (Å²) in [4.78, 5) is 23.0. The van der Waals surface area contributed by atoms with Gasteiger partial charge < -0.3 is 9.64 Å². The summed E-state index contributed by atoms with van der Waals surface area (Å²) in [6.45, 7) is 0.530. The number of nitrogens with zero attached hydrogens (tertiary/aromatic N) is 1. The Balaban J connectivity index is 2.84. The van der Waals surface area contributed by atoms with Crippen molar-refractivity contribution in [1.82, 2.24) is 4.90 Å². The van der Waals surface area contributed by atoms with Crippen molar-refractivity contribution in [1.29, 1.82) is 0 Å². The van der Waals surface area contributed by atoms with Crippen LogP contribution in [0.2, 0.25) is 0 Å². The van der Waals surface area contributed by atoms with Gasteiger partial charge in [0.05, 0.1) is 6.61 Å². The van der Waals surface area contributed by atoms with Gasteiger partial charge in [0.2, 0.25) is 0 Å². The molecule has 1 aromatic rings. The van der Waals surface area contributed by atoms with Crippen LogP contribution in [0, 0.1) is 0 Å². The van der Waals surface area contributed by atoms with Crippen molar-refractivity contribution in [3.05, 3.63) is 35.9 Å². The number of halogens is 3. The first-order valence-corrected chi connectivity index (χ1v) is 5.90. The maximum atomic E-state index is 12.5. The molecule has 110 valence electrons. The Kier molecular flexibility index (Phi) is 5.54. The fourth-order valence-electron chi connectivity index (χ4n) is 1.55. The number of hydrogen-bond donors (Lipinski definition) is 0. The Bertz CT molecular complexity index is 460. The van der Waals surface area contributed by atoms with E-state index in [-0.39, 0.29) is 13.2 Å². The van der Waals surface area contributed by atoms with Crippen LogP contribution in [0.1, 0.15) is 12.5 Å². The second-order valence-electron chi connectivity index (χ2n) is 3.95. The van der Waals surface area contributed by atoms with Crippen LogP contribution in [0.3, 0.4) is 0 Å². The molecule has 0 spiro atoms. The Morgan fingerprint density at radius 2 is 1.80 bits per heavy atom. The first-order valence-electron chi connectivity index (χ1n) is 5.90. The molecule has 0 saturated carbocycles. The Morgan fingerprint density at radius 1 is 1.20 bits per heavy atom. The van der Waals surface area contributed by atoms with Gasteiger partial charge in [-0.2, -0.15) is 13.2 Å². The summed E-state index contributed by atoms with van der Waals surface area (Å²) in [7, 11) is 0. The quantitative estimate of drug-likeness (QED) is 0.780. The summed E-state index contributed by atoms with van der Waals surface area (Å²) in [6.07, 6.45) is -5.03. The first kappa shape index (κ1) is 16.0. The van der Waals surface area contributed by atoms with Crippen LogP contribution in [0.4, 0.5) is 13.2 Å². The van der Waals surface area contributed by atoms with Gasteiger partial charge in [0.25, 0.3) is 0 Å². The number of alkyl halides is 3. The molecule has 1 rings (SSSR count). The minimum absolute atomic E-state index is 0.0399. The molecular formula is C13H14F3NO3. The van der Waals surface area contributed by atoms with Crippen molar-refractivity contribution < 1.29 is 27.5 Å². The van der Waals surface area contributed by atoms with E-state index in [1.54, 1.807) is 30.3 Å². The van der Waals surface area contributed by atoms with Crippen LogP contribution in [0.5, 0.6) is 0 Å². The summed E-state index contributed by atoms with van der Waals surface area (Å²) in [5.41, 5.74) is 0.495. The van der Waals surface area contributed by atoms with Crippen molar-refractivity contribution in [2.75, 3.05) is 13.2 Å². The average Bonchev–Trinajstić information content (AvgIpc) is 2.37. The number of rotatable bonds is 5. The second kappa shape index (κ2) is 6.93. The van der Waals surface area contributed by atoms with Gasteiger partial charge in [0.15, 0.2) is 0 Å². The molecule has 0 bridgehead atoms. The molecule has 0 unspecified atom stereocenters. The predicted octanol–water partition coefficient (Wildman–Crippen LogP) is 2.14. The molecule has 1 amide bonds. The van der Waals surface area contributed by atoms with Crippen LogP contribution >= 0.6 is 0 Å². The van der Waals surface area contributed by atoms with Crippen LogP contribution in [0.15, 0.2) is 30.3 Å². The van der Waals surface area contributed by atoms with Crippen molar-refractivity contribution in [2.24, 2.45) is 0 Å². The van der Waals surface area contributed by atoms with E-state index in [0.29, 0.717) is 10.5 Å². The molecule has 0 heterocycles. The van der Waals surface area contributed by atoms with E-state index in [1.807, 2.05) is 0 Å². The Morgan fingerprint density at radius 3 is 2.30 bits per heavy atom. The number of carbonyl (C=O) groups excluding carboxylic acids is 2. The van der Waals surface area contributed by atoms with Crippen molar-refractivity contribution in [2.45, 2.75) is 19.6 Å². The zero-order valence-corrected chi connectivity index (χ0v) is 10.8. The van der Waals surface area contributed by atoms with Crippen LogP contribution < -0.4 is 0 Å². The molecule has 0 saturated heterocycles. The van der Waals surface area contributed by atoms with Gasteiger partial charge >= 0.3 is 18.1 Å². The van der Waals surface area contributed by atoms with Crippen LogP contribution in [-0.2, 0) is 20.9 Å². The molecule has 0 aliphatic heterocycles. The van der Waals surface area contributed by atoms with Crippen molar-refractivity contribution >= 4 is 11.9 Å². The topological polar surface area (TPSA) is 46.6 Å². The summed E-state index contributed by atoms with van der Waals surface area (Å²) in [6, 6.07) is 8.11. The average molecular weight is 289 g/mol. The standard InChI is InChI=1S/C13H14F3NO3/c1-2-20-11(18)9-17(12(19)13(14,15)16)8-10-6-4-3-5-7-10/h3-7H,2,8-9H2,1H3. The fourth-order valence-corrected chi connectivity index (χ4v) is 1.55. The predicted molar refractivity (Wildman–Crippen MR) is 64.5 cm³/mol. The van der Waals surface area contributed by atoms with E-state index in [2.05, 4.69) is 4.74 Å². The van der Waals surface area contributed by atoms with E-state index in [0.717, 1.165) is 0 Å². The summed E-state index contributed by atoms with van der Waals surface area (Å²) in [5.74, 6) is -2.93. The molecule has 0 aromatic heterocycles. The lowest BCUT2D eigenvalue weighted by atomic mass is 10.2. The third kappa shape index (κ3) is 4.91. The van der Waals surface area contributed by atoms with Crippen LogP contribution in [-0.4, -0.2) is 36.1 Å². The first-order chi connectivity index (χ1) is 9.34. The smallest absolute Gasteiger partial charge is 0.465 e. The zero-order valence-electron chi connectivity index (χ0n) is 10.8. The number of hydrogen-bond acceptors (Lipinski definition) is 3. The van der Waals surface area contributed by atoms with Crippen LogP contribution in [0.25, 0.3) is 0 Å². The molecule has 4 nitrogen and oxygen atoms in total. The van der Waals surface area contributed by atoms with E-state index >= 15 is 0 Å². The zero-order chi connectivity index (χ0) is 15.2. The molecule has 0 aliphatic rings. The van der Waals surface area contributed by atoms with Gasteiger partial charge in [-0.15, -0.1) is 0 Å². The lowest BCUT2D eigenvalue weighted by molar-refractivity contribution is -0.187. The number of esters is 1. The Hall–Kier alpha value is -2.05. The molecular weight excluding hydrogens is 275 g/mol. The van der Waals surface area contributed by atoms with E-state index < -0.39 is 24.6 Å². The van der Waals surface area contributed by atoms with Gasteiger partial charge in [-0.1, -0.05) is 30.3 Å². The fraction of sp³-hybridized carbons (Fsp3) is 0.385. The van der Waals surface area contributed by atoms with Gasteiger partial charge in [-0.05, 0) is 12.5 Å². The van der Waals surface area contributed by atoms with Crippen molar-refractivity contribution in [3.8, 4) is 0 Å². The van der Waals surface area contributed by atoms with Gasteiger partial charge in [0.1, 0.15) is 6.54 Å². The maximum absolute atomic E-state index is 12.5. The lowest BCUT2D eigenvalue weighted by Crippen LogP contribution is -2.43.